The molecule has 0 aliphatic rings. The molecule has 0 heterocycles. The molecule has 0 aromatic heterocycles. The van der Waals surface area contributed by atoms with Gasteiger partial charge in [0.15, 0.2) is 0 Å². The van der Waals surface area contributed by atoms with Gasteiger partial charge in [0.05, 0.1) is 0 Å². The maximum Gasteiger partial charge on any atom is 0 e. The zero-order valence-corrected chi connectivity index (χ0v) is 16.0. The maximum atomic E-state index is 3.11. The Kier molecular flexibility index (Phi) is 10.2. The van der Waals surface area contributed by atoms with Crippen LogP contribution in [0.4, 0.5) is 0 Å². The summed E-state index contributed by atoms with van der Waals surface area (Å²) in [6.07, 6.45) is 2.50. The molecule has 0 saturated heterocycles. The van der Waals surface area contributed by atoms with Crippen molar-refractivity contribution in [1.82, 2.24) is 0 Å². The molecular formula is C19H29FeP-6. The summed E-state index contributed by atoms with van der Waals surface area (Å²) in [6.45, 7) is 9.23. The molecule has 0 bridgehead atoms. The van der Waals surface area contributed by atoms with Gasteiger partial charge in [-0.25, -0.2) is 12.1 Å². The molecule has 0 fully saturated rings. The number of hydrogen-bond acceptors (Lipinski definition) is 0. The van der Waals surface area contributed by atoms with E-state index in [1.165, 1.54) is 18.4 Å². The Balaban J connectivity index is 0.000000562. The van der Waals surface area contributed by atoms with Crippen molar-refractivity contribution in [2.24, 2.45) is 11.8 Å². The molecule has 0 spiro atoms. The molecule has 0 amide bonds. The summed E-state index contributed by atoms with van der Waals surface area (Å²) in [6, 6.07) is 18.8. The average Bonchev–Trinajstić information content (AvgIpc) is 3.04. The molecule has 124 valence electrons. The van der Waals surface area contributed by atoms with Gasteiger partial charge in [0.25, 0.3) is 0 Å². The number of hydrogen-bond donors (Lipinski definition) is 0. The first-order valence-electron chi connectivity index (χ1n) is 7.62. The summed E-state index contributed by atoms with van der Waals surface area (Å²) < 4.78 is 0. The molecule has 2 aromatic carbocycles. The van der Waals surface area contributed by atoms with E-state index in [2.05, 4.69) is 61.2 Å². The Labute approximate surface area is 144 Å². The molecular weight excluding hydrogens is 315 g/mol. The van der Waals surface area contributed by atoms with Crippen LogP contribution in [0.1, 0.15) is 46.1 Å². The van der Waals surface area contributed by atoms with Gasteiger partial charge in [-0.15, -0.1) is 14.8 Å². The van der Waals surface area contributed by atoms with Crippen LogP contribution in [0.25, 0.3) is 0 Å². The predicted octanol–water partition coefficient (Wildman–Crippen LogP) is 5.97. The van der Waals surface area contributed by atoms with Crippen LogP contribution < -0.4 is 0 Å². The normalized spacial score (nSPS) is 11.0. The SMILES string of the molecule is CC(C)CC(P)(CC(C)C)[c-]1cccc1.[Fe].[cH-]1[cH-][cH-][cH-][cH-]1. The monoisotopic (exact) mass is 344 g/mol. The van der Waals surface area contributed by atoms with Crippen LogP contribution in [-0.4, -0.2) is 0 Å². The maximum absolute atomic E-state index is 3.11. The fraction of sp³-hybridized carbons (Fsp3) is 0.474. The van der Waals surface area contributed by atoms with Crippen LogP contribution in [0.2, 0.25) is 0 Å². The van der Waals surface area contributed by atoms with E-state index < -0.39 is 0 Å². The predicted molar refractivity (Wildman–Crippen MR) is 94.4 cm³/mol. The molecule has 2 aromatic rings. The quantitative estimate of drug-likeness (QED) is 0.356. The first-order valence-corrected chi connectivity index (χ1v) is 8.19. The van der Waals surface area contributed by atoms with Gasteiger partial charge in [-0.05, 0) is 29.8 Å². The van der Waals surface area contributed by atoms with Crippen LogP contribution >= 0.6 is 9.24 Å². The first-order chi connectivity index (χ1) is 9.44. The van der Waals surface area contributed by atoms with Crippen LogP contribution in [0.3, 0.4) is 0 Å². The average molecular weight is 344 g/mol. The van der Waals surface area contributed by atoms with Crippen molar-refractivity contribution in [3.05, 3.63) is 60.2 Å². The van der Waals surface area contributed by atoms with Crippen LogP contribution in [-0.2, 0) is 22.2 Å². The summed E-state index contributed by atoms with van der Waals surface area (Å²) in [4.78, 5) is 0. The smallest absolute Gasteiger partial charge is 0 e. The second kappa shape index (κ2) is 10.4. The van der Waals surface area contributed by atoms with Crippen molar-refractivity contribution >= 4 is 9.24 Å². The second-order valence-electron chi connectivity index (χ2n) is 6.49. The van der Waals surface area contributed by atoms with Gasteiger partial charge < -0.3 is 30.3 Å². The van der Waals surface area contributed by atoms with Gasteiger partial charge in [0.1, 0.15) is 0 Å². The van der Waals surface area contributed by atoms with E-state index in [1.807, 2.05) is 30.3 Å². The third-order valence-corrected chi connectivity index (χ3v) is 4.14. The van der Waals surface area contributed by atoms with Crippen molar-refractivity contribution in [2.75, 3.05) is 0 Å². The standard InChI is InChI=1S/C14H24P.C5H5.Fe/c1-11(2)9-14(15,10-12(3)4)13-7-5-6-8-13;1-2-4-5-3-1;/h5-8,11-12H,9-10,15H2,1-4H3;1-5H;/q-1;-5;. The van der Waals surface area contributed by atoms with E-state index in [0.29, 0.717) is 0 Å². The first kappa shape index (κ1) is 20.6. The van der Waals surface area contributed by atoms with Crippen LogP contribution in [0.5, 0.6) is 0 Å². The van der Waals surface area contributed by atoms with Gasteiger partial charge in [-0.3, -0.25) is 0 Å². The molecule has 0 saturated carbocycles. The molecule has 0 aliphatic heterocycles. The second-order valence-corrected chi connectivity index (χ2v) is 7.59. The fourth-order valence-electron chi connectivity index (χ4n) is 2.80. The van der Waals surface area contributed by atoms with Gasteiger partial charge in [-0.1, -0.05) is 27.7 Å². The molecule has 1 atom stereocenters. The Hall–Kier alpha value is -0.351. The molecule has 2 heteroatoms. The summed E-state index contributed by atoms with van der Waals surface area (Å²) in [5.74, 6) is 1.49. The van der Waals surface area contributed by atoms with E-state index in [-0.39, 0.29) is 22.2 Å². The van der Waals surface area contributed by atoms with Crippen molar-refractivity contribution < 1.29 is 17.1 Å². The Morgan fingerprint density at radius 2 is 1.19 bits per heavy atom. The summed E-state index contributed by atoms with van der Waals surface area (Å²) in [7, 11) is 3.11. The zero-order chi connectivity index (χ0) is 15.0. The van der Waals surface area contributed by atoms with Crippen molar-refractivity contribution in [3.8, 4) is 0 Å². The summed E-state index contributed by atoms with van der Waals surface area (Å²) in [5.41, 5.74) is 1.48. The van der Waals surface area contributed by atoms with Gasteiger partial charge in [0.2, 0.25) is 0 Å². The van der Waals surface area contributed by atoms with Crippen molar-refractivity contribution in [2.45, 2.75) is 45.7 Å². The van der Waals surface area contributed by atoms with Crippen molar-refractivity contribution in [1.29, 1.82) is 0 Å². The van der Waals surface area contributed by atoms with Crippen LogP contribution in [0.15, 0.2) is 54.6 Å². The third kappa shape index (κ3) is 8.01. The van der Waals surface area contributed by atoms with Gasteiger partial charge in [-0.2, -0.15) is 12.1 Å². The minimum absolute atomic E-state index is 0. The molecule has 2 rings (SSSR count). The Morgan fingerprint density at radius 3 is 1.48 bits per heavy atom. The van der Waals surface area contributed by atoms with Crippen molar-refractivity contribution in [3.63, 3.8) is 0 Å². The third-order valence-electron chi connectivity index (χ3n) is 3.34. The Morgan fingerprint density at radius 1 is 0.857 bits per heavy atom. The van der Waals surface area contributed by atoms with Gasteiger partial charge >= 0.3 is 0 Å². The minimum Gasteiger partial charge on any atom is -0.748 e. The summed E-state index contributed by atoms with van der Waals surface area (Å²) >= 11 is 0. The largest absolute Gasteiger partial charge is 0.748 e. The molecule has 0 nitrogen and oxygen atoms in total. The van der Waals surface area contributed by atoms with Crippen LogP contribution in [0, 0.1) is 11.8 Å². The van der Waals surface area contributed by atoms with E-state index in [9.17, 15) is 0 Å². The van der Waals surface area contributed by atoms with E-state index in [1.54, 1.807) is 0 Å². The zero-order valence-electron chi connectivity index (χ0n) is 13.7. The molecule has 21 heavy (non-hydrogen) atoms. The van der Waals surface area contributed by atoms with E-state index >= 15 is 0 Å². The Bertz CT molecular complexity index is 399. The van der Waals surface area contributed by atoms with E-state index in [0.717, 1.165) is 11.8 Å². The molecule has 0 N–H and O–H groups in total. The van der Waals surface area contributed by atoms with E-state index in [4.69, 9.17) is 0 Å². The van der Waals surface area contributed by atoms with Gasteiger partial charge in [0, 0.05) is 17.1 Å². The topological polar surface area (TPSA) is 0 Å². The molecule has 1 unspecified atom stereocenters. The number of rotatable bonds is 5. The minimum atomic E-state index is 0. The fourth-order valence-corrected chi connectivity index (χ4v) is 3.94. The summed E-state index contributed by atoms with van der Waals surface area (Å²) in [5, 5.41) is 0.284. The molecule has 0 radical (unpaired) electrons. The molecule has 0 aliphatic carbocycles.